The van der Waals surface area contributed by atoms with Gasteiger partial charge in [-0.3, -0.25) is 4.90 Å². The summed E-state index contributed by atoms with van der Waals surface area (Å²) in [5.74, 6) is -0.253. The third kappa shape index (κ3) is 5.44. The summed E-state index contributed by atoms with van der Waals surface area (Å²) >= 11 is 6.11. The van der Waals surface area contributed by atoms with Crippen molar-refractivity contribution in [2.45, 2.75) is 44.8 Å². The van der Waals surface area contributed by atoms with Crippen molar-refractivity contribution < 1.29 is 14.6 Å². The molecule has 1 saturated heterocycles. The van der Waals surface area contributed by atoms with Gasteiger partial charge in [0.25, 0.3) is 0 Å². The maximum absolute atomic E-state index is 10.2. The van der Waals surface area contributed by atoms with E-state index in [0.29, 0.717) is 11.8 Å². The molecule has 0 aromatic heterocycles. The molecule has 1 heterocycles. The number of hydrogen-bond acceptors (Lipinski definition) is 4. The molecule has 0 aliphatic carbocycles. The van der Waals surface area contributed by atoms with Crippen LogP contribution in [0.3, 0.4) is 0 Å². The van der Waals surface area contributed by atoms with Gasteiger partial charge in [-0.05, 0) is 31.7 Å². The zero-order chi connectivity index (χ0) is 16.9. The van der Waals surface area contributed by atoms with Gasteiger partial charge in [-0.2, -0.15) is 0 Å². The van der Waals surface area contributed by atoms with E-state index in [-0.39, 0.29) is 6.10 Å². The van der Waals surface area contributed by atoms with Crippen LogP contribution in [0.5, 0.6) is 0 Å². The van der Waals surface area contributed by atoms with Crippen molar-refractivity contribution in [3.05, 3.63) is 35.9 Å². The predicted molar refractivity (Wildman–Crippen MR) is 92.5 cm³/mol. The molecule has 0 unspecified atom stereocenters. The highest BCUT2D eigenvalue weighted by atomic mass is 35.5. The first kappa shape index (κ1) is 18.7. The highest BCUT2D eigenvalue weighted by Gasteiger charge is 2.34. The Kier molecular flexibility index (Phi) is 6.86. The van der Waals surface area contributed by atoms with Gasteiger partial charge in [-0.25, -0.2) is 0 Å². The second kappa shape index (κ2) is 8.45. The van der Waals surface area contributed by atoms with Crippen LogP contribution in [0.4, 0.5) is 0 Å². The molecule has 0 saturated carbocycles. The van der Waals surface area contributed by atoms with E-state index in [0.717, 1.165) is 26.1 Å². The first-order chi connectivity index (χ1) is 10.9. The van der Waals surface area contributed by atoms with Gasteiger partial charge in [0.1, 0.15) is 6.10 Å². The Bertz CT molecular complexity index is 469. The van der Waals surface area contributed by atoms with Crippen LogP contribution in [0.1, 0.15) is 25.8 Å². The van der Waals surface area contributed by atoms with Crippen LogP contribution in [0.25, 0.3) is 0 Å². The number of halogens is 1. The highest BCUT2D eigenvalue weighted by Crippen LogP contribution is 2.25. The molecule has 1 N–H and O–H groups in total. The molecule has 1 aromatic rings. The van der Waals surface area contributed by atoms with Gasteiger partial charge in [0.05, 0.1) is 6.10 Å². The van der Waals surface area contributed by atoms with Crippen molar-refractivity contribution in [3.8, 4) is 0 Å². The fourth-order valence-electron chi connectivity index (χ4n) is 3.01. The summed E-state index contributed by atoms with van der Waals surface area (Å²) in [7, 11) is 1.49. The fourth-order valence-corrected chi connectivity index (χ4v) is 3.23. The summed E-state index contributed by atoms with van der Waals surface area (Å²) in [5, 5.41) is 10.2. The number of alkyl halides is 1. The largest absolute Gasteiger partial charge is 0.368 e. The van der Waals surface area contributed by atoms with E-state index in [4.69, 9.17) is 21.1 Å². The van der Waals surface area contributed by atoms with Crippen molar-refractivity contribution in [2.75, 3.05) is 26.1 Å². The van der Waals surface area contributed by atoms with Crippen LogP contribution in [0.2, 0.25) is 0 Å². The summed E-state index contributed by atoms with van der Waals surface area (Å²) in [6, 6.07) is 10.4. The van der Waals surface area contributed by atoms with Crippen molar-refractivity contribution in [1.82, 2.24) is 4.90 Å². The quantitative estimate of drug-likeness (QED) is 0.611. The molecule has 23 heavy (non-hydrogen) atoms. The molecule has 130 valence electrons. The Morgan fingerprint density at radius 3 is 2.65 bits per heavy atom. The van der Waals surface area contributed by atoms with E-state index in [1.807, 2.05) is 13.0 Å². The molecule has 4 nitrogen and oxygen atoms in total. The van der Waals surface area contributed by atoms with Gasteiger partial charge in [0, 0.05) is 32.6 Å². The van der Waals surface area contributed by atoms with E-state index < -0.39 is 11.9 Å². The van der Waals surface area contributed by atoms with Gasteiger partial charge in [0.15, 0.2) is 5.79 Å². The molecule has 1 aliphatic heterocycles. The van der Waals surface area contributed by atoms with E-state index in [2.05, 4.69) is 29.2 Å². The standard InChI is InChI=1S/C18H28ClNO3/c1-14(18(2,21)22-3)23-17-9-16(10-19)12-20(13-17)11-15-7-5-4-6-8-15/h4-8,14,16-17,21H,9-13H2,1-3H3/t14-,16-,17-,18+/m0/s1. The zero-order valence-corrected chi connectivity index (χ0v) is 15.0. The minimum Gasteiger partial charge on any atom is -0.368 e. The molecule has 0 radical (unpaired) electrons. The lowest BCUT2D eigenvalue weighted by Crippen LogP contribution is -2.49. The monoisotopic (exact) mass is 341 g/mol. The number of likely N-dealkylation sites (tertiary alicyclic amines) is 1. The minimum absolute atomic E-state index is 0.0489. The summed E-state index contributed by atoms with van der Waals surface area (Å²) in [6.45, 7) is 6.18. The average molecular weight is 342 g/mol. The first-order valence-electron chi connectivity index (χ1n) is 8.19. The number of aliphatic hydroxyl groups is 1. The van der Waals surface area contributed by atoms with Crippen LogP contribution in [-0.2, 0) is 16.0 Å². The van der Waals surface area contributed by atoms with Gasteiger partial charge in [-0.1, -0.05) is 30.3 Å². The molecule has 0 bridgehead atoms. The van der Waals surface area contributed by atoms with Crippen molar-refractivity contribution in [3.63, 3.8) is 0 Å². The minimum atomic E-state index is -1.28. The summed E-state index contributed by atoms with van der Waals surface area (Å²) < 4.78 is 11.2. The Morgan fingerprint density at radius 2 is 2.04 bits per heavy atom. The topological polar surface area (TPSA) is 41.9 Å². The Labute approximate surface area is 144 Å². The van der Waals surface area contributed by atoms with Crippen LogP contribution in [0.15, 0.2) is 30.3 Å². The average Bonchev–Trinajstić information content (AvgIpc) is 2.55. The van der Waals surface area contributed by atoms with Crippen LogP contribution >= 0.6 is 11.6 Å². The van der Waals surface area contributed by atoms with E-state index in [9.17, 15) is 5.11 Å². The Balaban J connectivity index is 1.97. The highest BCUT2D eigenvalue weighted by molar-refractivity contribution is 6.18. The van der Waals surface area contributed by atoms with Gasteiger partial charge in [0.2, 0.25) is 0 Å². The molecular weight excluding hydrogens is 314 g/mol. The molecule has 4 atom stereocenters. The number of ether oxygens (including phenoxy) is 2. The lowest BCUT2D eigenvalue weighted by atomic mass is 9.96. The molecule has 5 heteroatoms. The maximum atomic E-state index is 10.2. The van der Waals surface area contributed by atoms with E-state index >= 15 is 0 Å². The molecule has 1 aromatic carbocycles. The molecule has 0 amide bonds. The lowest BCUT2D eigenvalue weighted by Gasteiger charge is -2.40. The van der Waals surface area contributed by atoms with Crippen molar-refractivity contribution in [2.24, 2.45) is 5.92 Å². The van der Waals surface area contributed by atoms with E-state index in [1.54, 1.807) is 6.92 Å². The summed E-state index contributed by atoms with van der Waals surface area (Å²) in [5.41, 5.74) is 1.29. The fraction of sp³-hybridized carbons (Fsp3) is 0.667. The molecule has 0 spiro atoms. The summed E-state index contributed by atoms with van der Waals surface area (Å²) in [4.78, 5) is 2.38. The number of nitrogens with zero attached hydrogens (tertiary/aromatic N) is 1. The van der Waals surface area contributed by atoms with Crippen LogP contribution in [-0.4, -0.2) is 54.1 Å². The smallest absolute Gasteiger partial charge is 0.188 e. The number of piperidine rings is 1. The molecule has 1 aliphatic rings. The number of hydrogen-bond donors (Lipinski definition) is 1. The van der Waals surface area contributed by atoms with Gasteiger partial charge >= 0.3 is 0 Å². The maximum Gasteiger partial charge on any atom is 0.188 e. The number of benzene rings is 1. The van der Waals surface area contributed by atoms with Crippen LogP contribution < -0.4 is 0 Å². The number of methoxy groups -OCH3 is 1. The van der Waals surface area contributed by atoms with Gasteiger partial charge < -0.3 is 14.6 Å². The van der Waals surface area contributed by atoms with Crippen molar-refractivity contribution in [1.29, 1.82) is 0 Å². The first-order valence-corrected chi connectivity index (χ1v) is 8.73. The normalized spacial score (nSPS) is 26.7. The van der Waals surface area contributed by atoms with E-state index in [1.165, 1.54) is 12.7 Å². The van der Waals surface area contributed by atoms with Crippen LogP contribution in [0, 0.1) is 5.92 Å². The molecular formula is C18H28ClNO3. The second-order valence-electron chi connectivity index (χ2n) is 6.59. The SMILES string of the molecule is CO[C@@](C)(O)[C@H](C)O[C@H]1C[C@@H](CCl)CN(Cc2ccccc2)C1. The van der Waals surface area contributed by atoms with Gasteiger partial charge in [-0.15, -0.1) is 11.6 Å². The Hall–Kier alpha value is -0.650. The van der Waals surface area contributed by atoms with Crippen molar-refractivity contribution >= 4 is 11.6 Å². The molecule has 1 fully saturated rings. The zero-order valence-electron chi connectivity index (χ0n) is 14.2. The Morgan fingerprint density at radius 1 is 1.35 bits per heavy atom. The molecule has 2 rings (SSSR count). The third-order valence-electron chi connectivity index (χ3n) is 4.61. The number of rotatable bonds is 7. The predicted octanol–water partition coefficient (Wildman–Crippen LogP) is 2.88. The second-order valence-corrected chi connectivity index (χ2v) is 6.90. The lowest BCUT2D eigenvalue weighted by molar-refractivity contribution is -0.251. The third-order valence-corrected chi connectivity index (χ3v) is 5.04. The summed E-state index contributed by atoms with van der Waals surface area (Å²) in [6.07, 6.45) is 0.567.